The molecule has 0 bridgehead atoms. The second-order valence-corrected chi connectivity index (χ2v) is 4.19. The molecule has 0 atom stereocenters. The fraction of sp³-hybridized carbons (Fsp3) is 0.182. The zero-order chi connectivity index (χ0) is 9.26. The maximum absolute atomic E-state index is 4.44. The first-order valence-electron chi connectivity index (χ1n) is 4.29. The third-order valence-electron chi connectivity index (χ3n) is 1.88. The molecule has 0 saturated heterocycles. The summed E-state index contributed by atoms with van der Waals surface area (Å²) in [5, 5.41) is 1.13. The summed E-state index contributed by atoms with van der Waals surface area (Å²) in [4.78, 5) is 4.44. The van der Waals surface area contributed by atoms with Gasteiger partial charge in [0.05, 0.1) is 15.2 Å². The lowest BCUT2D eigenvalue weighted by Gasteiger charge is -1.91. The van der Waals surface area contributed by atoms with Gasteiger partial charge in [0.2, 0.25) is 0 Å². The molecule has 0 amide bonds. The lowest BCUT2D eigenvalue weighted by atomic mass is 10.2. The van der Waals surface area contributed by atoms with E-state index in [1.807, 2.05) is 19.9 Å². The van der Waals surface area contributed by atoms with Crippen molar-refractivity contribution in [3.05, 3.63) is 34.8 Å². The quantitative estimate of drug-likeness (QED) is 0.667. The van der Waals surface area contributed by atoms with Crippen LogP contribution in [-0.2, 0) is 0 Å². The van der Waals surface area contributed by atoms with Gasteiger partial charge in [0.15, 0.2) is 0 Å². The number of nitrogens with zero attached hydrogens (tertiary/aromatic N) is 1. The van der Waals surface area contributed by atoms with E-state index < -0.39 is 0 Å². The van der Waals surface area contributed by atoms with E-state index in [2.05, 4.69) is 29.3 Å². The average Bonchev–Trinajstić information content (AvgIpc) is 2.44. The Hall–Kier alpha value is -1.15. The van der Waals surface area contributed by atoms with E-state index in [9.17, 15) is 0 Å². The van der Waals surface area contributed by atoms with Gasteiger partial charge in [0, 0.05) is 0 Å². The Morgan fingerprint density at radius 3 is 3.00 bits per heavy atom. The zero-order valence-corrected chi connectivity index (χ0v) is 8.56. The van der Waals surface area contributed by atoms with Crippen molar-refractivity contribution in [1.82, 2.24) is 4.98 Å². The predicted molar refractivity (Wildman–Crippen MR) is 59.1 cm³/mol. The molecule has 0 fully saturated rings. The van der Waals surface area contributed by atoms with Crippen LogP contribution in [0.2, 0.25) is 0 Å². The molecule has 1 nitrogen and oxygen atoms in total. The number of aromatic nitrogens is 1. The van der Waals surface area contributed by atoms with Gasteiger partial charge in [-0.1, -0.05) is 18.2 Å². The van der Waals surface area contributed by atoms with Crippen LogP contribution in [0.25, 0.3) is 16.3 Å². The van der Waals surface area contributed by atoms with Crippen molar-refractivity contribution in [1.29, 1.82) is 0 Å². The van der Waals surface area contributed by atoms with E-state index in [-0.39, 0.29) is 0 Å². The van der Waals surface area contributed by atoms with Crippen molar-refractivity contribution in [2.45, 2.75) is 13.8 Å². The molecule has 0 unspecified atom stereocenters. The van der Waals surface area contributed by atoms with Crippen LogP contribution >= 0.6 is 11.3 Å². The molecular formula is C11H11NS. The highest BCUT2D eigenvalue weighted by atomic mass is 32.1. The first kappa shape index (κ1) is 8.45. The number of hydrogen-bond acceptors (Lipinski definition) is 2. The Bertz CT molecular complexity index is 454. The van der Waals surface area contributed by atoms with Crippen molar-refractivity contribution < 1.29 is 0 Å². The minimum atomic E-state index is 1.11. The number of benzene rings is 1. The van der Waals surface area contributed by atoms with Crippen LogP contribution in [0, 0.1) is 6.92 Å². The molecule has 0 aliphatic heterocycles. The normalized spacial score (nSPS) is 11.5. The highest BCUT2D eigenvalue weighted by Gasteiger charge is 1.99. The van der Waals surface area contributed by atoms with Gasteiger partial charge in [-0.15, -0.1) is 11.3 Å². The van der Waals surface area contributed by atoms with Crippen molar-refractivity contribution in [2.75, 3.05) is 0 Å². The monoisotopic (exact) mass is 189 g/mol. The molecule has 13 heavy (non-hydrogen) atoms. The molecule has 1 heterocycles. The summed E-state index contributed by atoms with van der Waals surface area (Å²) in [6.07, 6.45) is 4.13. The number of rotatable bonds is 1. The highest BCUT2D eigenvalue weighted by molar-refractivity contribution is 7.18. The standard InChI is InChI=1S/C11H11NS/c1-3-4-9-5-6-11-10(7-9)12-8(2)13-11/h3-7H,1-2H3/b4-3+. The highest BCUT2D eigenvalue weighted by Crippen LogP contribution is 2.22. The van der Waals surface area contributed by atoms with Gasteiger partial charge in [-0.3, -0.25) is 0 Å². The number of hydrogen-bond donors (Lipinski definition) is 0. The first-order valence-corrected chi connectivity index (χ1v) is 5.11. The first-order chi connectivity index (χ1) is 6.29. The summed E-state index contributed by atoms with van der Waals surface area (Å²) in [6.45, 7) is 4.07. The maximum Gasteiger partial charge on any atom is 0.0907 e. The van der Waals surface area contributed by atoms with Crippen molar-refractivity contribution >= 4 is 27.6 Å². The molecule has 0 aliphatic rings. The second-order valence-electron chi connectivity index (χ2n) is 2.96. The average molecular weight is 189 g/mol. The van der Waals surface area contributed by atoms with Crippen LogP contribution in [0.1, 0.15) is 17.5 Å². The SMILES string of the molecule is C/C=C/c1ccc2sc(C)nc2c1. The minimum Gasteiger partial charge on any atom is -0.241 e. The largest absolute Gasteiger partial charge is 0.241 e. The second kappa shape index (κ2) is 3.30. The molecule has 0 radical (unpaired) electrons. The molecule has 0 saturated carbocycles. The molecule has 1 aromatic carbocycles. The van der Waals surface area contributed by atoms with Gasteiger partial charge in [0.25, 0.3) is 0 Å². The summed E-state index contributed by atoms with van der Waals surface area (Å²) in [5.74, 6) is 0. The van der Waals surface area contributed by atoms with E-state index in [0.717, 1.165) is 10.5 Å². The fourth-order valence-electron chi connectivity index (χ4n) is 1.36. The van der Waals surface area contributed by atoms with Crippen molar-refractivity contribution in [3.63, 3.8) is 0 Å². The number of aryl methyl sites for hydroxylation is 1. The number of fused-ring (bicyclic) bond motifs is 1. The lowest BCUT2D eigenvalue weighted by molar-refractivity contribution is 1.35. The van der Waals surface area contributed by atoms with Crippen molar-refractivity contribution in [3.8, 4) is 0 Å². The van der Waals surface area contributed by atoms with E-state index in [4.69, 9.17) is 0 Å². The molecule has 2 heteroatoms. The van der Waals surface area contributed by atoms with Gasteiger partial charge in [-0.25, -0.2) is 4.98 Å². The summed E-state index contributed by atoms with van der Waals surface area (Å²) < 4.78 is 1.27. The number of allylic oxidation sites excluding steroid dienone is 1. The van der Waals surface area contributed by atoms with Gasteiger partial charge in [-0.2, -0.15) is 0 Å². The molecule has 0 aliphatic carbocycles. The predicted octanol–water partition coefficient (Wildman–Crippen LogP) is 3.64. The van der Waals surface area contributed by atoms with Gasteiger partial charge in [-0.05, 0) is 31.5 Å². The molecule has 66 valence electrons. The van der Waals surface area contributed by atoms with Crippen LogP contribution < -0.4 is 0 Å². The summed E-state index contributed by atoms with van der Waals surface area (Å²) in [5.41, 5.74) is 2.33. The fourth-order valence-corrected chi connectivity index (χ4v) is 2.16. The molecule has 2 aromatic rings. The van der Waals surface area contributed by atoms with E-state index in [1.54, 1.807) is 11.3 Å². The molecule has 0 spiro atoms. The molecular weight excluding hydrogens is 178 g/mol. The van der Waals surface area contributed by atoms with Crippen LogP contribution in [0.5, 0.6) is 0 Å². The van der Waals surface area contributed by atoms with Crippen LogP contribution in [0.4, 0.5) is 0 Å². The molecule has 0 N–H and O–H groups in total. The van der Waals surface area contributed by atoms with Gasteiger partial charge >= 0.3 is 0 Å². The lowest BCUT2D eigenvalue weighted by Crippen LogP contribution is -1.72. The Labute approximate surface area is 81.7 Å². The van der Waals surface area contributed by atoms with E-state index in [0.29, 0.717) is 0 Å². The Kier molecular flexibility index (Phi) is 2.15. The third kappa shape index (κ3) is 1.63. The van der Waals surface area contributed by atoms with E-state index in [1.165, 1.54) is 10.3 Å². The maximum atomic E-state index is 4.44. The summed E-state index contributed by atoms with van der Waals surface area (Å²) in [7, 11) is 0. The topological polar surface area (TPSA) is 12.9 Å². The van der Waals surface area contributed by atoms with Crippen molar-refractivity contribution in [2.24, 2.45) is 0 Å². The Morgan fingerprint density at radius 2 is 2.23 bits per heavy atom. The van der Waals surface area contributed by atoms with Gasteiger partial charge < -0.3 is 0 Å². The third-order valence-corrected chi connectivity index (χ3v) is 2.83. The Balaban J connectivity index is 2.61. The smallest absolute Gasteiger partial charge is 0.0907 e. The number of thiazole rings is 1. The summed E-state index contributed by atoms with van der Waals surface area (Å²) >= 11 is 1.74. The molecule has 2 rings (SSSR count). The Morgan fingerprint density at radius 1 is 1.38 bits per heavy atom. The summed E-state index contributed by atoms with van der Waals surface area (Å²) in [6, 6.07) is 6.38. The van der Waals surface area contributed by atoms with Crippen LogP contribution in [-0.4, -0.2) is 4.98 Å². The molecule has 1 aromatic heterocycles. The van der Waals surface area contributed by atoms with Crippen LogP contribution in [0.3, 0.4) is 0 Å². The van der Waals surface area contributed by atoms with Crippen LogP contribution in [0.15, 0.2) is 24.3 Å². The van der Waals surface area contributed by atoms with E-state index >= 15 is 0 Å². The minimum absolute atomic E-state index is 1.11. The van der Waals surface area contributed by atoms with Gasteiger partial charge in [0.1, 0.15) is 0 Å². The zero-order valence-electron chi connectivity index (χ0n) is 7.74.